The lowest BCUT2D eigenvalue weighted by atomic mass is 10.1. The van der Waals surface area contributed by atoms with E-state index in [1.165, 1.54) is 24.0 Å². The zero-order valence-electron chi connectivity index (χ0n) is 12.2. The molecule has 98 valence electrons. The van der Waals surface area contributed by atoms with E-state index in [1.54, 1.807) is 0 Å². The summed E-state index contributed by atoms with van der Waals surface area (Å²) < 4.78 is 0. The highest BCUT2D eigenvalue weighted by atomic mass is 13.9. The minimum absolute atomic E-state index is 1.21. The maximum Gasteiger partial charge on any atom is -0.0281 e. The van der Waals surface area contributed by atoms with Gasteiger partial charge in [-0.15, -0.1) is 0 Å². The largest absolute Gasteiger partial charge is 0.0683 e. The fourth-order valence-electron chi connectivity index (χ4n) is 1.47. The van der Waals surface area contributed by atoms with Crippen LogP contribution in [0.4, 0.5) is 0 Å². The number of benzene rings is 2. The van der Waals surface area contributed by atoms with E-state index in [9.17, 15) is 0 Å². The molecule has 0 fully saturated rings. The van der Waals surface area contributed by atoms with Gasteiger partial charge in [0.15, 0.2) is 0 Å². The van der Waals surface area contributed by atoms with Gasteiger partial charge in [0, 0.05) is 0 Å². The van der Waals surface area contributed by atoms with Gasteiger partial charge in [0.2, 0.25) is 0 Å². The molecule has 18 heavy (non-hydrogen) atoms. The first-order chi connectivity index (χ1) is 8.83. The minimum atomic E-state index is 1.21. The molecule has 0 radical (unpaired) electrons. The van der Waals surface area contributed by atoms with Gasteiger partial charge in [0.05, 0.1) is 0 Å². The maximum atomic E-state index is 2.20. The average Bonchev–Trinajstić information content (AvgIpc) is 2.44. The Hall–Kier alpha value is -1.56. The highest BCUT2D eigenvalue weighted by molar-refractivity contribution is 5.14. The van der Waals surface area contributed by atoms with E-state index in [4.69, 9.17) is 0 Å². The van der Waals surface area contributed by atoms with Crippen LogP contribution in [0.3, 0.4) is 0 Å². The SMILES string of the molecule is CC.CCCc1ccccc1.Cc1ccccc1. The number of aryl methyl sites for hydroxylation is 2. The third-order valence-electron chi connectivity index (χ3n) is 2.32. The van der Waals surface area contributed by atoms with Crippen LogP contribution in [0.2, 0.25) is 0 Å². The first-order valence-corrected chi connectivity index (χ1v) is 6.88. The van der Waals surface area contributed by atoms with Gasteiger partial charge in [-0.25, -0.2) is 0 Å². The fraction of sp³-hybridized carbons (Fsp3) is 0.333. The van der Waals surface area contributed by atoms with Crippen LogP contribution in [0.1, 0.15) is 38.3 Å². The van der Waals surface area contributed by atoms with Crippen LogP contribution in [0.25, 0.3) is 0 Å². The summed E-state index contributed by atoms with van der Waals surface area (Å²) in [6.45, 7) is 8.28. The van der Waals surface area contributed by atoms with E-state index in [0.717, 1.165) is 0 Å². The molecule has 2 aromatic carbocycles. The smallest absolute Gasteiger partial charge is 0.0281 e. The average molecular weight is 242 g/mol. The first kappa shape index (κ1) is 16.4. The third-order valence-corrected chi connectivity index (χ3v) is 2.32. The molecular formula is C18H26. The Balaban J connectivity index is 0.000000289. The molecule has 0 spiro atoms. The standard InChI is InChI=1S/C9H12.C7H8.C2H6/c1-2-6-9-7-4-3-5-8-9;1-7-5-3-2-4-6-7;1-2/h3-5,7-8H,2,6H2,1H3;2-6H,1H3;1-2H3. The molecule has 0 heteroatoms. The first-order valence-electron chi connectivity index (χ1n) is 6.88. The molecule has 0 N–H and O–H groups in total. The fourth-order valence-corrected chi connectivity index (χ4v) is 1.47. The minimum Gasteiger partial charge on any atom is -0.0683 e. The number of hydrogen-bond acceptors (Lipinski definition) is 0. The Morgan fingerprint density at radius 2 is 1.17 bits per heavy atom. The lowest BCUT2D eigenvalue weighted by Gasteiger charge is -1.93. The molecule has 0 unspecified atom stereocenters. The van der Waals surface area contributed by atoms with Crippen molar-refractivity contribution in [1.82, 2.24) is 0 Å². The summed E-state index contributed by atoms with van der Waals surface area (Å²) in [6, 6.07) is 20.8. The van der Waals surface area contributed by atoms with Crippen molar-refractivity contribution in [3.05, 3.63) is 71.8 Å². The van der Waals surface area contributed by atoms with E-state index >= 15 is 0 Å². The monoisotopic (exact) mass is 242 g/mol. The molecule has 0 saturated heterocycles. The molecule has 0 heterocycles. The molecule has 0 saturated carbocycles. The van der Waals surface area contributed by atoms with Crippen LogP contribution in [0.15, 0.2) is 60.7 Å². The summed E-state index contributed by atoms with van der Waals surface area (Å²) in [5, 5.41) is 0. The van der Waals surface area contributed by atoms with Crippen molar-refractivity contribution in [2.24, 2.45) is 0 Å². The third kappa shape index (κ3) is 8.58. The summed E-state index contributed by atoms with van der Waals surface area (Å²) in [4.78, 5) is 0. The molecule has 0 amide bonds. The normalized spacial score (nSPS) is 8.44. The van der Waals surface area contributed by atoms with E-state index in [1.807, 2.05) is 32.0 Å². The number of rotatable bonds is 2. The van der Waals surface area contributed by atoms with Gasteiger partial charge < -0.3 is 0 Å². The predicted octanol–water partition coefficient (Wildman–Crippen LogP) is 5.66. The molecule has 0 nitrogen and oxygen atoms in total. The van der Waals surface area contributed by atoms with Crippen LogP contribution >= 0.6 is 0 Å². The van der Waals surface area contributed by atoms with Crippen molar-refractivity contribution >= 4 is 0 Å². The summed E-state index contributed by atoms with van der Waals surface area (Å²) >= 11 is 0. The molecule has 0 aliphatic rings. The highest BCUT2D eigenvalue weighted by Crippen LogP contribution is 2.00. The Morgan fingerprint density at radius 3 is 1.50 bits per heavy atom. The second kappa shape index (κ2) is 11.9. The quantitative estimate of drug-likeness (QED) is 0.637. The van der Waals surface area contributed by atoms with E-state index in [0.29, 0.717) is 0 Å². The van der Waals surface area contributed by atoms with Crippen LogP contribution in [-0.4, -0.2) is 0 Å². The van der Waals surface area contributed by atoms with Gasteiger partial charge in [0.25, 0.3) is 0 Å². The van der Waals surface area contributed by atoms with Gasteiger partial charge in [-0.05, 0) is 18.9 Å². The van der Waals surface area contributed by atoms with Crippen molar-refractivity contribution in [3.8, 4) is 0 Å². The molecule has 0 aliphatic heterocycles. The van der Waals surface area contributed by atoms with Crippen LogP contribution < -0.4 is 0 Å². The van der Waals surface area contributed by atoms with Crippen molar-refractivity contribution in [1.29, 1.82) is 0 Å². The molecule has 0 atom stereocenters. The molecular weight excluding hydrogens is 216 g/mol. The lowest BCUT2D eigenvalue weighted by molar-refractivity contribution is 0.922. The topological polar surface area (TPSA) is 0 Å². The Morgan fingerprint density at radius 1 is 0.722 bits per heavy atom. The van der Waals surface area contributed by atoms with E-state index in [2.05, 4.69) is 56.3 Å². The number of hydrogen-bond donors (Lipinski definition) is 0. The Bertz CT molecular complexity index is 362. The van der Waals surface area contributed by atoms with Crippen molar-refractivity contribution in [2.45, 2.75) is 40.5 Å². The summed E-state index contributed by atoms with van der Waals surface area (Å²) in [5.41, 5.74) is 2.77. The lowest BCUT2D eigenvalue weighted by Crippen LogP contribution is -1.78. The summed E-state index contributed by atoms with van der Waals surface area (Å²) in [5.74, 6) is 0. The zero-order chi connectivity index (χ0) is 13.6. The Labute approximate surface area is 113 Å². The van der Waals surface area contributed by atoms with Crippen LogP contribution in [0.5, 0.6) is 0 Å². The van der Waals surface area contributed by atoms with Crippen molar-refractivity contribution in [2.75, 3.05) is 0 Å². The maximum absolute atomic E-state index is 2.20. The van der Waals surface area contributed by atoms with Gasteiger partial charge in [-0.2, -0.15) is 0 Å². The second-order valence-electron chi connectivity index (χ2n) is 3.89. The van der Waals surface area contributed by atoms with Crippen LogP contribution in [-0.2, 0) is 6.42 Å². The van der Waals surface area contributed by atoms with Gasteiger partial charge >= 0.3 is 0 Å². The van der Waals surface area contributed by atoms with Gasteiger partial charge in [-0.1, -0.05) is 93.4 Å². The molecule has 2 aromatic rings. The van der Waals surface area contributed by atoms with Crippen molar-refractivity contribution < 1.29 is 0 Å². The molecule has 0 aliphatic carbocycles. The molecule has 0 bridgehead atoms. The predicted molar refractivity (Wildman–Crippen MR) is 83.0 cm³/mol. The van der Waals surface area contributed by atoms with E-state index < -0.39 is 0 Å². The van der Waals surface area contributed by atoms with Gasteiger partial charge in [-0.3, -0.25) is 0 Å². The van der Waals surface area contributed by atoms with Crippen molar-refractivity contribution in [3.63, 3.8) is 0 Å². The van der Waals surface area contributed by atoms with Crippen LogP contribution in [0, 0.1) is 6.92 Å². The second-order valence-corrected chi connectivity index (χ2v) is 3.89. The molecule has 0 aromatic heterocycles. The Kier molecular flexibility index (Phi) is 10.9. The van der Waals surface area contributed by atoms with E-state index in [-0.39, 0.29) is 0 Å². The summed E-state index contributed by atoms with van der Waals surface area (Å²) in [7, 11) is 0. The molecule has 2 rings (SSSR count). The zero-order valence-corrected chi connectivity index (χ0v) is 12.2. The van der Waals surface area contributed by atoms with Gasteiger partial charge in [0.1, 0.15) is 0 Å². The highest BCUT2D eigenvalue weighted by Gasteiger charge is 1.84. The summed E-state index contributed by atoms with van der Waals surface area (Å²) in [6.07, 6.45) is 2.45.